The summed E-state index contributed by atoms with van der Waals surface area (Å²) in [6, 6.07) is 16.5. The highest BCUT2D eigenvalue weighted by atomic mass is 127. The van der Waals surface area contributed by atoms with Crippen LogP contribution < -0.4 is 10.6 Å². The van der Waals surface area contributed by atoms with E-state index >= 15 is 0 Å². The van der Waals surface area contributed by atoms with Crippen molar-refractivity contribution in [2.45, 2.75) is 26.9 Å². The molecule has 27 heavy (non-hydrogen) atoms. The lowest BCUT2D eigenvalue weighted by Crippen LogP contribution is -2.36. The van der Waals surface area contributed by atoms with Gasteiger partial charge in [0.05, 0.1) is 12.2 Å². The van der Waals surface area contributed by atoms with Crippen LogP contribution in [0.4, 0.5) is 0 Å². The van der Waals surface area contributed by atoms with Gasteiger partial charge >= 0.3 is 0 Å². The Balaban J connectivity index is 0.00000261. The Morgan fingerprint density at radius 1 is 1.00 bits per heavy atom. The number of hydrogen-bond acceptors (Lipinski definition) is 3. The van der Waals surface area contributed by atoms with Gasteiger partial charge in [0.25, 0.3) is 0 Å². The predicted octanol–water partition coefficient (Wildman–Crippen LogP) is 4.44. The molecule has 0 unspecified atom stereocenters. The molecule has 6 heteroatoms. The van der Waals surface area contributed by atoms with E-state index in [1.165, 1.54) is 16.7 Å². The molecule has 0 fully saturated rings. The van der Waals surface area contributed by atoms with Gasteiger partial charge in [-0.25, -0.2) is 4.98 Å². The Bertz CT molecular complexity index is 887. The highest BCUT2D eigenvalue weighted by molar-refractivity contribution is 14.0. The van der Waals surface area contributed by atoms with E-state index in [1.54, 1.807) is 13.3 Å². The zero-order chi connectivity index (χ0) is 18.4. The zero-order valence-electron chi connectivity index (χ0n) is 15.8. The van der Waals surface area contributed by atoms with E-state index in [9.17, 15) is 0 Å². The van der Waals surface area contributed by atoms with Gasteiger partial charge in [-0.3, -0.25) is 4.99 Å². The lowest BCUT2D eigenvalue weighted by atomic mass is 10.1. The Labute approximate surface area is 177 Å². The quantitative estimate of drug-likeness (QED) is 0.325. The van der Waals surface area contributed by atoms with Crippen LogP contribution in [0.1, 0.15) is 22.4 Å². The molecule has 5 nitrogen and oxygen atoms in total. The summed E-state index contributed by atoms with van der Waals surface area (Å²) in [5.74, 6) is 1.36. The summed E-state index contributed by atoms with van der Waals surface area (Å²) in [6.45, 7) is 5.41. The average Bonchev–Trinajstić information content (AvgIpc) is 3.11. The standard InChI is InChI=1S/C21H24N4O.HI/c1-15-7-9-18(10-8-15)20-25-19(14-26-20)13-24-21(22-3)23-12-17-6-4-5-16(2)11-17;/h4-11,14H,12-13H2,1-3H3,(H2,22,23,24);1H. The molecule has 2 aromatic carbocycles. The van der Waals surface area contributed by atoms with Gasteiger partial charge in [0.2, 0.25) is 5.89 Å². The molecular weight excluding hydrogens is 451 g/mol. The number of aromatic nitrogens is 1. The maximum Gasteiger partial charge on any atom is 0.226 e. The molecule has 0 spiro atoms. The van der Waals surface area contributed by atoms with Gasteiger partial charge in [0.1, 0.15) is 6.26 Å². The summed E-state index contributed by atoms with van der Waals surface area (Å²) in [4.78, 5) is 8.79. The number of nitrogens with zero attached hydrogens (tertiary/aromatic N) is 2. The minimum atomic E-state index is 0. The smallest absolute Gasteiger partial charge is 0.226 e. The minimum Gasteiger partial charge on any atom is -0.444 e. The molecule has 0 aliphatic heterocycles. The number of halogens is 1. The average molecular weight is 476 g/mol. The number of nitrogens with one attached hydrogen (secondary N) is 2. The number of aliphatic imine (C=N–C) groups is 1. The summed E-state index contributed by atoms with van der Waals surface area (Å²) in [5.41, 5.74) is 5.49. The lowest BCUT2D eigenvalue weighted by Gasteiger charge is -2.11. The summed E-state index contributed by atoms with van der Waals surface area (Å²) in [7, 11) is 1.76. The monoisotopic (exact) mass is 476 g/mol. The molecular formula is C21H25IN4O. The van der Waals surface area contributed by atoms with Crippen molar-refractivity contribution in [3.05, 3.63) is 77.2 Å². The van der Waals surface area contributed by atoms with E-state index in [0.29, 0.717) is 12.4 Å². The van der Waals surface area contributed by atoms with Crippen LogP contribution in [0.5, 0.6) is 0 Å². The molecule has 1 aromatic heterocycles. The topological polar surface area (TPSA) is 62.5 Å². The largest absolute Gasteiger partial charge is 0.444 e. The molecule has 0 saturated heterocycles. The second-order valence-corrected chi connectivity index (χ2v) is 6.28. The second kappa shape index (κ2) is 10.1. The highest BCUT2D eigenvalue weighted by Crippen LogP contribution is 2.18. The van der Waals surface area contributed by atoms with E-state index in [0.717, 1.165) is 23.8 Å². The van der Waals surface area contributed by atoms with Crippen molar-refractivity contribution in [1.82, 2.24) is 15.6 Å². The Hall–Kier alpha value is -2.35. The normalized spacial score (nSPS) is 11.0. The molecule has 0 atom stereocenters. The van der Waals surface area contributed by atoms with Crippen LogP contribution in [-0.2, 0) is 13.1 Å². The van der Waals surface area contributed by atoms with Crippen LogP contribution >= 0.6 is 24.0 Å². The van der Waals surface area contributed by atoms with Gasteiger partial charge in [-0.05, 0) is 31.5 Å². The van der Waals surface area contributed by atoms with Gasteiger partial charge in [0, 0.05) is 19.2 Å². The fraction of sp³-hybridized carbons (Fsp3) is 0.238. The highest BCUT2D eigenvalue weighted by Gasteiger charge is 2.07. The lowest BCUT2D eigenvalue weighted by molar-refractivity contribution is 0.572. The van der Waals surface area contributed by atoms with Crippen molar-refractivity contribution in [2.75, 3.05) is 7.05 Å². The van der Waals surface area contributed by atoms with Gasteiger partial charge in [-0.15, -0.1) is 24.0 Å². The van der Waals surface area contributed by atoms with Crippen LogP contribution in [0.25, 0.3) is 11.5 Å². The molecule has 0 amide bonds. The fourth-order valence-electron chi connectivity index (χ4n) is 2.62. The number of guanidine groups is 1. The van der Waals surface area contributed by atoms with Crippen molar-refractivity contribution < 1.29 is 4.42 Å². The summed E-state index contributed by atoms with van der Waals surface area (Å²) in [6.07, 6.45) is 1.68. The molecule has 3 rings (SSSR count). The molecule has 2 N–H and O–H groups in total. The molecule has 0 bridgehead atoms. The first-order chi connectivity index (χ1) is 12.6. The predicted molar refractivity (Wildman–Crippen MR) is 120 cm³/mol. The van der Waals surface area contributed by atoms with Crippen molar-refractivity contribution in [2.24, 2.45) is 4.99 Å². The fourth-order valence-corrected chi connectivity index (χ4v) is 2.62. The van der Waals surface area contributed by atoms with Crippen molar-refractivity contribution in [3.8, 4) is 11.5 Å². The van der Waals surface area contributed by atoms with E-state index < -0.39 is 0 Å². The van der Waals surface area contributed by atoms with Gasteiger partial charge in [-0.2, -0.15) is 0 Å². The third-order valence-electron chi connectivity index (χ3n) is 4.05. The first kappa shape index (κ1) is 21.0. The summed E-state index contributed by atoms with van der Waals surface area (Å²) in [5, 5.41) is 6.57. The molecule has 0 radical (unpaired) electrons. The van der Waals surface area contributed by atoms with Crippen LogP contribution in [0.2, 0.25) is 0 Å². The maximum absolute atomic E-state index is 5.59. The summed E-state index contributed by atoms with van der Waals surface area (Å²) >= 11 is 0. The number of hydrogen-bond donors (Lipinski definition) is 2. The SMILES string of the molecule is CN=C(NCc1cccc(C)c1)NCc1coc(-c2ccc(C)cc2)n1.I. The first-order valence-electron chi connectivity index (χ1n) is 8.65. The maximum atomic E-state index is 5.59. The van der Waals surface area contributed by atoms with E-state index in [4.69, 9.17) is 4.42 Å². The van der Waals surface area contributed by atoms with Gasteiger partial charge in [-0.1, -0.05) is 47.5 Å². The molecule has 0 saturated carbocycles. The van der Waals surface area contributed by atoms with Crippen LogP contribution in [-0.4, -0.2) is 18.0 Å². The Morgan fingerprint density at radius 2 is 1.74 bits per heavy atom. The van der Waals surface area contributed by atoms with Gasteiger partial charge < -0.3 is 15.1 Å². The zero-order valence-corrected chi connectivity index (χ0v) is 18.2. The van der Waals surface area contributed by atoms with E-state index in [1.807, 2.05) is 12.1 Å². The Kier molecular flexibility index (Phi) is 7.84. The molecule has 0 aliphatic rings. The summed E-state index contributed by atoms with van der Waals surface area (Å²) < 4.78 is 5.59. The number of oxazole rings is 1. The second-order valence-electron chi connectivity index (χ2n) is 6.28. The van der Waals surface area contributed by atoms with Crippen LogP contribution in [0.3, 0.4) is 0 Å². The number of rotatable bonds is 5. The molecule has 1 heterocycles. The van der Waals surface area contributed by atoms with Crippen molar-refractivity contribution >= 4 is 29.9 Å². The van der Waals surface area contributed by atoms with Crippen LogP contribution in [0.15, 0.2) is 64.2 Å². The number of aryl methyl sites for hydroxylation is 2. The molecule has 142 valence electrons. The van der Waals surface area contributed by atoms with E-state index in [-0.39, 0.29) is 24.0 Å². The van der Waals surface area contributed by atoms with Gasteiger partial charge in [0.15, 0.2) is 5.96 Å². The minimum absolute atomic E-state index is 0. The third kappa shape index (κ3) is 6.09. The Morgan fingerprint density at radius 3 is 2.44 bits per heavy atom. The van der Waals surface area contributed by atoms with Crippen molar-refractivity contribution in [3.63, 3.8) is 0 Å². The van der Waals surface area contributed by atoms with Crippen molar-refractivity contribution in [1.29, 1.82) is 0 Å². The van der Waals surface area contributed by atoms with Crippen LogP contribution in [0, 0.1) is 13.8 Å². The molecule has 0 aliphatic carbocycles. The third-order valence-corrected chi connectivity index (χ3v) is 4.05. The first-order valence-corrected chi connectivity index (χ1v) is 8.65. The molecule has 3 aromatic rings. The number of benzene rings is 2. The van der Waals surface area contributed by atoms with E-state index in [2.05, 4.69) is 70.9 Å².